The molecule has 1 aliphatic heterocycles. The first kappa shape index (κ1) is 15.5. The Kier molecular flexibility index (Phi) is 4.77. The first-order chi connectivity index (χ1) is 10.6. The van der Waals surface area contributed by atoms with E-state index in [4.69, 9.17) is 0 Å². The van der Waals surface area contributed by atoms with E-state index in [1.165, 1.54) is 12.5 Å². The van der Waals surface area contributed by atoms with E-state index in [9.17, 15) is 9.18 Å². The molecule has 0 N–H and O–H groups in total. The van der Waals surface area contributed by atoms with Gasteiger partial charge >= 0.3 is 0 Å². The molecule has 2 fully saturated rings. The SMILES string of the molecule is CN(C(=O)C1CCC1)C1CCN(Cc2ccccc2F)CC1. The lowest BCUT2D eigenvalue weighted by Crippen LogP contribution is -2.48. The number of carbonyl (C=O) groups is 1. The minimum atomic E-state index is -0.123. The van der Waals surface area contributed by atoms with Crippen LogP contribution in [0.4, 0.5) is 4.39 Å². The maximum Gasteiger partial charge on any atom is 0.225 e. The Hall–Kier alpha value is -1.42. The van der Waals surface area contributed by atoms with Crippen LogP contribution in [0.3, 0.4) is 0 Å². The van der Waals surface area contributed by atoms with E-state index < -0.39 is 0 Å². The summed E-state index contributed by atoms with van der Waals surface area (Å²) in [4.78, 5) is 16.6. The third-order valence-electron chi connectivity index (χ3n) is 5.26. The average molecular weight is 304 g/mol. The topological polar surface area (TPSA) is 23.6 Å². The van der Waals surface area contributed by atoms with Crippen molar-refractivity contribution in [3.05, 3.63) is 35.6 Å². The van der Waals surface area contributed by atoms with Crippen molar-refractivity contribution in [1.29, 1.82) is 0 Å². The van der Waals surface area contributed by atoms with Crippen molar-refractivity contribution in [3.63, 3.8) is 0 Å². The molecule has 0 aromatic heterocycles. The second-order valence-electron chi connectivity index (χ2n) is 6.68. The molecule has 0 spiro atoms. The summed E-state index contributed by atoms with van der Waals surface area (Å²) in [6, 6.07) is 7.34. The molecule has 0 unspecified atom stereocenters. The van der Waals surface area contributed by atoms with Crippen molar-refractivity contribution in [2.24, 2.45) is 5.92 Å². The highest BCUT2D eigenvalue weighted by Crippen LogP contribution is 2.29. The minimum Gasteiger partial charge on any atom is -0.342 e. The standard InChI is InChI=1S/C18H25FN2O/c1-20(18(22)14-6-4-7-14)16-9-11-21(12-10-16)13-15-5-2-3-8-17(15)19/h2-3,5,8,14,16H,4,6-7,9-13H2,1H3. The van der Waals surface area contributed by atoms with Crippen LogP contribution in [0.5, 0.6) is 0 Å². The quantitative estimate of drug-likeness (QED) is 0.853. The van der Waals surface area contributed by atoms with E-state index in [2.05, 4.69) is 4.90 Å². The summed E-state index contributed by atoms with van der Waals surface area (Å²) in [6.45, 7) is 2.53. The van der Waals surface area contributed by atoms with Crippen LogP contribution >= 0.6 is 0 Å². The first-order valence-electron chi connectivity index (χ1n) is 8.37. The van der Waals surface area contributed by atoms with E-state index in [0.29, 0.717) is 18.5 Å². The molecule has 0 atom stereocenters. The second kappa shape index (κ2) is 6.78. The monoisotopic (exact) mass is 304 g/mol. The Bertz CT molecular complexity index is 522. The van der Waals surface area contributed by atoms with Crippen LogP contribution in [0.25, 0.3) is 0 Å². The number of nitrogens with zero attached hydrogens (tertiary/aromatic N) is 2. The van der Waals surface area contributed by atoms with Gasteiger partial charge < -0.3 is 4.90 Å². The van der Waals surface area contributed by atoms with Crippen molar-refractivity contribution in [2.75, 3.05) is 20.1 Å². The maximum absolute atomic E-state index is 13.7. The van der Waals surface area contributed by atoms with Crippen LogP contribution in [-0.4, -0.2) is 41.9 Å². The number of rotatable bonds is 4. The first-order valence-corrected chi connectivity index (χ1v) is 8.37. The Morgan fingerprint density at radius 3 is 2.50 bits per heavy atom. The van der Waals surface area contributed by atoms with Crippen molar-refractivity contribution in [1.82, 2.24) is 9.80 Å². The second-order valence-corrected chi connectivity index (χ2v) is 6.68. The zero-order chi connectivity index (χ0) is 15.5. The smallest absolute Gasteiger partial charge is 0.225 e. The maximum atomic E-state index is 13.7. The Balaban J connectivity index is 1.50. The van der Waals surface area contributed by atoms with Gasteiger partial charge in [-0.25, -0.2) is 4.39 Å². The zero-order valence-corrected chi connectivity index (χ0v) is 13.3. The van der Waals surface area contributed by atoms with Crippen molar-refractivity contribution in [2.45, 2.75) is 44.7 Å². The molecule has 1 heterocycles. The number of hydrogen-bond donors (Lipinski definition) is 0. The predicted octanol–water partition coefficient (Wildman–Crippen LogP) is 3.05. The molecule has 3 rings (SSSR count). The fourth-order valence-corrected chi connectivity index (χ4v) is 3.46. The molecule has 1 aliphatic carbocycles. The molecular weight excluding hydrogens is 279 g/mol. The number of hydrogen-bond acceptors (Lipinski definition) is 2. The molecule has 1 amide bonds. The number of halogens is 1. The van der Waals surface area contributed by atoms with Crippen LogP contribution in [0.15, 0.2) is 24.3 Å². The summed E-state index contributed by atoms with van der Waals surface area (Å²) in [5, 5.41) is 0. The van der Waals surface area contributed by atoms with Crippen molar-refractivity contribution < 1.29 is 9.18 Å². The molecule has 0 radical (unpaired) electrons. The molecule has 1 saturated carbocycles. The van der Waals surface area contributed by atoms with Crippen molar-refractivity contribution >= 4 is 5.91 Å². The van der Waals surface area contributed by atoms with E-state index in [0.717, 1.165) is 44.3 Å². The molecule has 2 aliphatic rings. The molecule has 1 aromatic rings. The number of likely N-dealkylation sites (tertiary alicyclic amines) is 1. The third kappa shape index (κ3) is 3.32. The van der Waals surface area contributed by atoms with Gasteiger partial charge in [-0.3, -0.25) is 9.69 Å². The summed E-state index contributed by atoms with van der Waals surface area (Å²) >= 11 is 0. The molecule has 22 heavy (non-hydrogen) atoms. The molecule has 4 heteroatoms. The lowest BCUT2D eigenvalue weighted by Gasteiger charge is -2.39. The average Bonchev–Trinajstić information content (AvgIpc) is 2.48. The number of carbonyl (C=O) groups excluding carboxylic acids is 1. The number of piperidine rings is 1. The highest BCUT2D eigenvalue weighted by atomic mass is 19.1. The van der Waals surface area contributed by atoms with Crippen LogP contribution in [0.1, 0.15) is 37.7 Å². The Morgan fingerprint density at radius 1 is 1.23 bits per heavy atom. The number of benzene rings is 1. The van der Waals surface area contributed by atoms with Crippen molar-refractivity contribution in [3.8, 4) is 0 Å². The van der Waals surface area contributed by atoms with Crippen LogP contribution in [-0.2, 0) is 11.3 Å². The Labute approximate surface area is 132 Å². The third-order valence-corrected chi connectivity index (χ3v) is 5.26. The van der Waals surface area contributed by atoms with Gasteiger partial charge in [0, 0.05) is 44.2 Å². The van der Waals surface area contributed by atoms with Gasteiger partial charge in [0.25, 0.3) is 0 Å². The Morgan fingerprint density at radius 2 is 1.91 bits per heavy atom. The van der Waals surface area contributed by atoms with Gasteiger partial charge in [0.05, 0.1) is 0 Å². The van der Waals surface area contributed by atoms with Gasteiger partial charge in [0.15, 0.2) is 0 Å². The fourth-order valence-electron chi connectivity index (χ4n) is 3.46. The van der Waals surface area contributed by atoms with Gasteiger partial charge in [-0.2, -0.15) is 0 Å². The lowest BCUT2D eigenvalue weighted by molar-refractivity contribution is -0.139. The molecule has 1 aromatic carbocycles. The largest absolute Gasteiger partial charge is 0.342 e. The number of amides is 1. The van der Waals surface area contributed by atoms with E-state index >= 15 is 0 Å². The minimum absolute atomic E-state index is 0.123. The lowest BCUT2D eigenvalue weighted by atomic mass is 9.84. The highest BCUT2D eigenvalue weighted by molar-refractivity contribution is 5.79. The van der Waals surface area contributed by atoms with Gasteiger partial charge in [0.1, 0.15) is 5.82 Å². The fraction of sp³-hybridized carbons (Fsp3) is 0.611. The van der Waals surface area contributed by atoms with Crippen LogP contribution < -0.4 is 0 Å². The summed E-state index contributed by atoms with van der Waals surface area (Å²) in [5.74, 6) is 0.488. The summed E-state index contributed by atoms with van der Waals surface area (Å²) in [7, 11) is 1.96. The van der Waals surface area contributed by atoms with Gasteiger partial charge in [-0.05, 0) is 31.7 Å². The van der Waals surface area contributed by atoms with Crippen LogP contribution in [0, 0.1) is 11.7 Å². The van der Waals surface area contributed by atoms with Gasteiger partial charge in [-0.1, -0.05) is 24.6 Å². The van der Waals surface area contributed by atoms with E-state index in [1.54, 1.807) is 6.07 Å². The summed E-state index contributed by atoms with van der Waals surface area (Å²) < 4.78 is 13.7. The van der Waals surface area contributed by atoms with Gasteiger partial charge in [0.2, 0.25) is 5.91 Å². The molecule has 0 bridgehead atoms. The van der Waals surface area contributed by atoms with E-state index in [1.807, 2.05) is 24.1 Å². The molecule has 120 valence electrons. The van der Waals surface area contributed by atoms with Crippen LogP contribution in [0.2, 0.25) is 0 Å². The highest BCUT2D eigenvalue weighted by Gasteiger charge is 2.32. The summed E-state index contributed by atoms with van der Waals surface area (Å²) in [6.07, 6.45) is 5.31. The normalized spacial score (nSPS) is 20.6. The predicted molar refractivity (Wildman–Crippen MR) is 84.8 cm³/mol. The van der Waals surface area contributed by atoms with E-state index in [-0.39, 0.29) is 11.7 Å². The zero-order valence-electron chi connectivity index (χ0n) is 13.3. The molecule has 3 nitrogen and oxygen atoms in total. The molecule has 1 saturated heterocycles. The van der Waals surface area contributed by atoms with Gasteiger partial charge in [-0.15, -0.1) is 0 Å². The molecular formula is C18H25FN2O. The summed E-state index contributed by atoms with van der Waals surface area (Å²) in [5.41, 5.74) is 0.764.